The summed E-state index contributed by atoms with van der Waals surface area (Å²) in [6.45, 7) is 2.23. The Morgan fingerprint density at radius 1 is 0.962 bits per heavy atom. The summed E-state index contributed by atoms with van der Waals surface area (Å²) in [4.78, 5) is 0. The van der Waals surface area contributed by atoms with E-state index in [9.17, 15) is 17.6 Å². The van der Waals surface area contributed by atoms with Crippen LogP contribution in [0.5, 0.6) is 5.75 Å². The average Bonchev–Trinajstić information content (AvgIpc) is 2.54. The van der Waals surface area contributed by atoms with E-state index >= 15 is 0 Å². The zero-order valence-electron chi connectivity index (χ0n) is 14.4. The van der Waals surface area contributed by atoms with Gasteiger partial charge in [0, 0.05) is 17.4 Å². The van der Waals surface area contributed by atoms with E-state index in [4.69, 9.17) is 0 Å². The van der Waals surface area contributed by atoms with Crippen molar-refractivity contribution in [1.82, 2.24) is 0 Å². The fourth-order valence-corrected chi connectivity index (χ4v) is 3.29. The number of alkyl halides is 2. The zero-order valence-corrected chi connectivity index (χ0v) is 17.3. The first-order chi connectivity index (χ1) is 11.8. The van der Waals surface area contributed by atoms with Crippen LogP contribution in [-0.4, -0.2) is 0 Å². The van der Waals surface area contributed by atoms with Crippen molar-refractivity contribution in [3.8, 4) is 5.75 Å². The summed E-state index contributed by atoms with van der Waals surface area (Å²) in [7, 11) is 0. The van der Waals surface area contributed by atoms with Crippen LogP contribution < -0.4 is 4.74 Å². The Morgan fingerprint density at radius 3 is 2.04 bits per heavy atom. The Hall–Kier alpha value is -0.936. The minimum Gasteiger partial charge on any atom is -0.455 e. The van der Waals surface area contributed by atoms with Gasteiger partial charge in [0.2, 0.25) is 0 Å². The quantitative estimate of drug-likeness (QED) is 0.407. The van der Waals surface area contributed by atoms with Crippen molar-refractivity contribution in [3.63, 3.8) is 0 Å². The SMILES string of the molecule is CC1CCC(c2ccc(C(F)(F)Oc3cc(F)[c-]c(F)c3)cc2)CC1.[Y+3]. The minimum absolute atomic E-state index is 0. The van der Waals surface area contributed by atoms with Gasteiger partial charge in [0.1, 0.15) is 0 Å². The average molecular weight is 440 g/mol. The molecule has 0 amide bonds. The second-order valence-electron chi connectivity index (χ2n) is 6.71. The van der Waals surface area contributed by atoms with Crippen LogP contribution in [0.4, 0.5) is 17.6 Å². The third kappa shape index (κ3) is 5.29. The van der Waals surface area contributed by atoms with E-state index in [1.807, 2.05) is 0 Å². The number of halogens is 4. The first-order valence-electron chi connectivity index (χ1n) is 8.39. The molecule has 0 unspecified atom stereocenters. The fourth-order valence-electron chi connectivity index (χ4n) is 3.29. The van der Waals surface area contributed by atoms with E-state index in [1.54, 1.807) is 18.2 Å². The molecule has 3 rings (SSSR count). The van der Waals surface area contributed by atoms with Crippen LogP contribution in [0.2, 0.25) is 0 Å². The minimum atomic E-state index is -3.68. The molecule has 1 aliphatic carbocycles. The summed E-state index contributed by atoms with van der Waals surface area (Å²) in [5, 5.41) is 0. The number of hydrogen-bond acceptors (Lipinski definition) is 1. The molecule has 2 aromatic carbocycles. The number of ether oxygens (including phenoxy) is 1. The van der Waals surface area contributed by atoms with E-state index in [2.05, 4.69) is 11.7 Å². The van der Waals surface area contributed by atoms with Crippen LogP contribution in [0.3, 0.4) is 0 Å². The molecule has 1 nitrogen and oxygen atoms in total. The molecule has 134 valence electrons. The van der Waals surface area contributed by atoms with Crippen LogP contribution in [-0.2, 0) is 38.8 Å². The molecule has 26 heavy (non-hydrogen) atoms. The van der Waals surface area contributed by atoms with Gasteiger partial charge in [0.15, 0.2) is 0 Å². The molecule has 2 aromatic rings. The Morgan fingerprint density at radius 2 is 1.50 bits per heavy atom. The summed E-state index contributed by atoms with van der Waals surface area (Å²) >= 11 is 0. The Labute approximate surface area is 176 Å². The first kappa shape index (κ1) is 21.4. The molecule has 0 saturated heterocycles. The van der Waals surface area contributed by atoms with E-state index < -0.39 is 23.5 Å². The van der Waals surface area contributed by atoms with Crippen molar-refractivity contribution in [3.05, 3.63) is 65.2 Å². The molecule has 0 aromatic heterocycles. The van der Waals surface area contributed by atoms with Gasteiger partial charge < -0.3 is 4.74 Å². The predicted molar refractivity (Wildman–Crippen MR) is 86.5 cm³/mol. The summed E-state index contributed by atoms with van der Waals surface area (Å²) < 4.78 is 59.2. The Kier molecular flexibility index (Phi) is 7.26. The summed E-state index contributed by atoms with van der Waals surface area (Å²) in [5.41, 5.74) is 0.687. The normalized spacial score (nSPS) is 20.3. The van der Waals surface area contributed by atoms with E-state index in [0.29, 0.717) is 18.1 Å². The van der Waals surface area contributed by atoms with Crippen molar-refractivity contribution in [1.29, 1.82) is 0 Å². The standard InChI is InChI=1S/C20H19F4O.Y/c1-13-2-4-14(5-3-13)15-6-8-16(9-7-15)20(23,24)25-19-11-17(21)10-18(22)12-19;/h6-9,11-14H,2-5H2,1H3;/q-1;+3. The van der Waals surface area contributed by atoms with Crippen LogP contribution >= 0.6 is 0 Å². The fraction of sp³-hybridized carbons (Fsp3) is 0.400. The van der Waals surface area contributed by atoms with E-state index in [-0.39, 0.29) is 38.3 Å². The van der Waals surface area contributed by atoms with Gasteiger partial charge in [-0.1, -0.05) is 44.0 Å². The number of benzene rings is 2. The van der Waals surface area contributed by atoms with Gasteiger partial charge in [0.05, 0.1) is 5.56 Å². The molecular formula is C20H19F4OY+2. The van der Waals surface area contributed by atoms with Crippen molar-refractivity contribution in [2.75, 3.05) is 0 Å². The molecule has 0 radical (unpaired) electrons. The van der Waals surface area contributed by atoms with E-state index in [1.165, 1.54) is 12.1 Å². The largest absolute Gasteiger partial charge is 3.00 e. The third-order valence-corrected chi connectivity index (χ3v) is 4.76. The molecule has 6 heteroatoms. The summed E-state index contributed by atoms with van der Waals surface area (Å²) in [6, 6.07) is 9.08. The van der Waals surface area contributed by atoms with Crippen LogP contribution in [0.1, 0.15) is 49.7 Å². The van der Waals surface area contributed by atoms with Crippen LogP contribution in [0.15, 0.2) is 36.4 Å². The summed E-state index contributed by atoms with van der Waals surface area (Å²) in [6.07, 6.45) is 0.737. The third-order valence-electron chi connectivity index (χ3n) is 4.76. The topological polar surface area (TPSA) is 9.23 Å². The molecular weight excluding hydrogens is 421 g/mol. The number of rotatable bonds is 4. The summed E-state index contributed by atoms with van der Waals surface area (Å²) in [5.74, 6) is -1.64. The van der Waals surface area contributed by atoms with Crippen molar-refractivity contribution in [2.24, 2.45) is 5.92 Å². The number of hydrogen-bond donors (Lipinski definition) is 0. The molecule has 0 N–H and O–H groups in total. The second kappa shape index (κ2) is 8.83. The van der Waals surface area contributed by atoms with Crippen LogP contribution in [0, 0.1) is 23.6 Å². The van der Waals surface area contributed by atoms with Gasteiger partial charge in [-0.3, -0.25) is 0 Å². The predicted octanol–water partition coefficient (Wildman–Crippen LogP) is 6.18. The van der Waals surface area contributed by atoms with Gasteiger partial charge in [-0.25, -0.2) is 8.78 Å². The Bertz CT molecular complexity index is 705. The molecule has 1 fully saturated rings. The van der Waals surface area contributed by atoms with Crippen molar-refractivity contribution in [2.45, 2.75) is 44.6 Å². The molecule has 0 spiro atoms. The van der Waals surface area contributed by atoms with Crippen LogP contribution in [0.25, 0.3) is 0 Å². The van der Waals surface area contributed by atoms with Gasteiger partial charge >= 0.3 is 38.8 Å². The first-order valence-corrected chi connectivity index (χ1v) is 8.39. The molecule has 0 heterocycles. The molecule has 0 atom stereocenters. The smallest absolute Gasteiger partial charge is 0.455 e. The Balaban J connectivity index is 0.00000243. The molecule has 0 aliphatic heterocycles. The molecule has 1 saturated carbocycles. The van der Waals surface area contributed by atoms with Crippen molar-refractivity contribution < 1.29 is 55.0 Å². The van der Waals surface area contributed by atoms with Gasteiger partial charge in [0.25, 0.3) is 0 Å². The van der Waals surface area contributed by atoms with E-state index in [0.717, 1.165) is 37.2 Å². The maximum atomic E-state index is 14.3. The monoisotopic (exact) mass is 440 g/mol. The maximum absolute atomic E-state index is 14.3. The van der Waals surface area contributed by atoms with Gasteiger partial charge in [-0.05, 0) is 42.4 Å². The second-order valence-corrected chi connectivity index (χ2v) is 6.71. The molecule has 0 bridgehead atoms. The van der Waals surface area contributed by atoms with Crippen molar-refractivity contribution >= 4 is 0 Å². The molecule has 1 aliphatic rings. The zero-order chi connectivity index (χ0) is 18.0. The van der Waals surface area contributed by atoms with Gasteiger partial charge in [-0.2, -0.15) is 8.78 Å². The van der Waals surface area contributed by atoms with Gasteiger partial charge in [-0.15, -0.1) is 6.07 Å². The maximum Gasteiger partial charge on any atom is 3.00 e.